The molecule has 2 unspecified atom stereocenters. The summed E-state index contributed by atoms with van der Waals surface area (Å²) in [6.45, 7) is 5.02. The van der Waals surface area contributed by atoms with E-state index in [-0.39, 0.29) is 24.3 Å². The van der Waals surface area contributed by atoms with Gasteiger partial charge in [0.2, 0.25) is 5.88 Å². The minimum absolute atomic E-state index is 0.104. The highest BCUT2D eigenvalue weighted by atomic mass is 35.5. The second-order valence-corrected chi connectivity index (χ2v) is 9.20. The Kier molecular flexibility index (Phi) is 8.21. The number of halogens is 4. The van der Waals surface area contributed by atoms with Crippen LogP contribution in [-0.4, -0.2) is 28.0 Å². The summed E-state index contributed by atoms with van der Waals surface area (Å²) in [7, 11) is 0. The molecule has 36 heavy (non-hydrogen) atoms. The van der Waals surface area contributed by atoms with Crippen molar-refractivity contribution in [3.63, 3.8) is 0 Å². The second-order valence-electron chi connectivity index (χ2n) is 8.77. The van der Waals surface area contributed by atoms with Crippen LogP contribution in [0.3, 0.4) is 0 Å². The van der Waals surface area contributed by atoms with Gasteiger partial charge in [0.15, 0.2) is 5.60 Å². The molecule has 188 valence electrons. The Labute approximate surface area is 212 Å². The lowest BCUT2D eigenvalue weighted by Gasteiger charge is -2.29. The van der Waals surface area contributed by atoms with Crippen molar-refractivity contribution in [2.75, 3.05) is 6.54 Å². The van der Waals surface area contributed by atoms with Gasteiger partial charge in [-0.15, -0.1) is 0 Å². The SMILES string of the molecule is CC(c1ccc(Cl)cc1)C(CNC(=O)C(C)(C)Oc1cc(C(F)(F)F)ccn1)c1cncc(C#N)c1. The average molecular weight is 517 g/mol. The monoisotopic (exact) mass is 516 g/mol. The maximum absolute atomic E-state index is 13.0. The van der Waals surface area contributed by atoms with Crippen LogP contribution in [0.15, 0.2) is 61.1 Å². The summed E-state index contributed by atoms with van der Waals surface area (Å²) in [5.41, 5.74) is -0.352. The van der Waals surface area contributed by atoms with Crippen LogP contribution < -0.4 is 10.1 Å². The molecular formula is C26H24ClF3N4O2. The molecule has 3 rings (SSSR count). The molecule has 0 radical (unpaired) electrons. The van der Waals surface area contributed by atoms with Gasteiger partial charge in [-0.1, -0.05) is 30.7 Å². The molecule has 2 heterocycles. The molecular weight excluding hydrogens is 493 g/mol. The number of rotatable bonds is 8. The fourth-order valence-corrected chi connectivity index (χ4v) is 3.79. The standard InChI is InChI=1S/C26H24ClF3N4O2/c1-16(18-4-6-21(27)7-5-18)22(19-10-17(12-31)13-32-14-19)15-34-24(35)25(2,3)36-23-11-20(8-9-33-23)26(28,29)30/h4-11,13-14,16,22H,15H2,1-3H3,(H,34,35). The van der Waals surface area contributed by atoms with Gasteiger partial charge in [0.05, 0.1) is 11.1 Å². The molecule has 1 N–H and O–H groups in total. The van der Waals surface area contributed by atoms with Gasteiger partial charge >= 0.3 is 6.18 Å². The van der Waals surface area contributed by atoms with Crippen LogP contribution in [0.25, 0.3) is 0 Å². The number of ether oxygens (including phenoxy) is 1. The van der Waals surface area contributed by atoms with Crippen molar-refractivity contribution in [3.8, 4) is 11.9 Å². The van der Waals surface area contributed by atoms with Crippen molar-refractivity contribution in [1.82, 2.24) is 15.3 Å². The van der Waals surface area contributed by atoms with Crippen LogP contribution in [0.5, 0.6) is 5.88 Å². The van der Waals surface area contributed by atoms with Crippen LogP contribution in [-0.2, 0) is 11.0 Å². The predicted octanol–water partition coefficient (Wildman–Crippen LogP) is 5.88. The Balaban J connectivity index is 1.80. The number of nitrogens with one attached hydrogen (secondary N) is 1. The number of alkyl halides is 3. The summed E-state index contributed by atoms with van der Waals surface area (Å²) in [5.74, 6) is -1.24. The van der Waals surface area contributed by atoms with Crippen molar-refractivity contribution in [2.45, 2.75) is 44.4 Å². The molecule has 0 aliphatic rings. The smallest absolute Gasteiger partial charge is 0.416 e. The summed E-state index contributed by atoms with van der Waals surface area (Å²) in [4.78, 5) is 21.0. The van der Waals surface area contributed by atoms with E-state index in [1.54, 1.807) is 24.4 Å². The number of benzene rings is 1. The van der Waals surface area contributed by atoms with Gasteiger partial charge in [-0.3, -0.25) is 9.78 Å². The topological polar surface area (TPSA) is 87.9 Å². The molecule has 0 aliphatic carbocycles. The van der Waals surface area contributed by atoms with E-state index in [9.17, 15) is 23.2 Å². The molecule has 2 atom stereocenters. The predicted molar refractivity (Wildman–Crippen MR) is 129 cm³/mol. The quantitative estimate of drug-likeness (QED) is 0.404. The zero-order valence-corrected chi connectivity index (χ0v) is 20.6. The minimum Gasteiger partial charge on any atom is -0.462 e. The van der Waals surface area contributed by atoms with E-state index in [0.29, 0.717) is 10.6 Å². The van der Waals surface area contributed by atoms with E-state index < -0.39 is 23.2 Å². The summed E-state index contributed by atoms with van der Waals surface area (Å²) < 4.78 is 44.6. The third kappa shape index (κ3) is 6.73. The molecule has 0 spiro atoms. The van der Waals surface area contributed by atoms with Crippen LogP contribution in [0.2, 0.25) is 5.02 Å². The van der Waals surface area contributed by atoms with Gasteiger partial charge in [0.25, 0.3) is 5.91 Å². The molecule has 2 aromatic heterocycles. The highest BCUT2D eigenvalue weighted by molar-refractivity contribution is 6.30. The minimum atomic E-state index is -4.57. The number of hydrogen-bond donors (Lipinski definition) is 1. The van der Waals surface area contributed by atoms with E-state index in [2.05, 4.69) is 21.4 Å². The average Bonchev–Trinajstić information content (AvgIpc) is 2.84. The third-order valence-electron chi connectivity index (χ3n) is 5.77. The van der Waals surface area contributed by atoms with E-state index in [4.69, 9.17) is 16.3 Å². The molecule has 0 bridgehead atoms. The molecule has 0 saturated heterocycles. The summed E-state index contributed by atoms with van der Waals surface area (Å²) >= 11 is 6.02. The molecule has 10 heteroatoms. The number of aromatic nitrogens is 2. The van der Waals surface area contributed by atoms with Crippen LogP contribution in [0.4, 0.5) is 13.2 Å². The lowest BCUT2D eigenvalue weighted by atomic mass is 9.82. The van der Waals surface area contributed by atoms with Crippen molar-refractivity contribution in [1.29, 1.82) is 5.26 Å². The van der Waals surface area contributed by atoms with Gasteiger partial charge < -0.3 is 10.1 Å². The number of hydrogen-bond acceptors (Lipinski definition) is 5. The highest BCUT2D eigenvalue weighted by Gasteiger charge is 2.34. The van der Waals surface area contributed by atoms with E-state index in [1.165, 1.54) is 20.0 Å². The van der Waals surface area contributed by atoms with Gasteiger partial charge in [-0.25, -0.2) is 4.98 Å². The first-order chi connectivity index (χ1) is 16.9. The zero-order chi connectivity index (χ0) is 26.5. The number of carbonyl (C=O) groups excluding carboxylic acids is 1. The number of pyridine rings is 2. The van der Waals surface area contributed by atoms with E-state index >= 15 is 0 Å². The van der Waals surface area contributed by atoms with Gasteiger partial charge in [0, 0.05) is 42.1 Å². The Hall–Kier alpha value is -3.64. The first kappa shape index (κ1) is 27.0. The number of nitriles is 1. The number of nitrogens with zero attached hydrogens (tertiary/aromatic N) is 3. The van der Waals surface area contributed by atoms with Crippen LogP contribution in [0.1, 0.15) is 54.9 Å². The normalized spacial score (nSPS) is 13.4. The van der Waals surface area contributed by atoms with Gasteiger partial charge in [-0.05, 0) is 55.2 Å². The Morgan fingerprint density at radius 1 is 1.14 bits per heavy atom. The fraction of sp³-hybridized carbons (Fsp3) is 0.308. The Bertz CT molecular complexity index is 1260. The van der Waals surface area contributed by atoms with Crippen molar-refractivity contribution in [2.24, 2.45) is 0 Å². The molecule has 0 fully saturated rings. The molecule has 6 nitrogen and oxygen atoms in total. The zero-order valence-electron chi connectivity index (χ0n) is 19.8. The Morgan fingerprint density at radius 3 is 2.47 bits per heavy atom. The lowest BCUT2D eigenvalue weighted by Crippen LogP contribution is -2.48. The van der Waals surface area contributed by atoms with Gasteiger partial charge in [-0.2, -0.15) is 18.4 Å². The maximum Gasteiger partial charge on any atom is 0.416 e. The van der Waals surface area contributed by atoms with E-state index in [1.807, 2.05) is 19.1 Å². The lowest BCUT2D eigenvalue weighted by molar-refractivity contribution is -0.138. The van der Waals surface area contributed by atoms with Crippen molar-refractivity contribution < 1.29 is 22.7 Å². The molecule has 3 aromatic rings. The van der Waals surface area contributed by atoms with E-state index in [0.717, 1.165) is 29.5 Å². The van der Waals surface area contributed by atoms with Crippen LogP contribution >= 0.6 is 11.6 Å². The summed E-state index contributed by atoms with van der Waals surface area (Å²) in [6, 6.07) is 12.7. The fourth-order valence-electron chi connectivity index (χ4n) is 3.67. The molecule has 1 aromatic carbocycles. The summed E-state index contributed by atoms with van der Waals surface area (Å²) in [5, 5.41) is 12.7. The van der Waals surface area contributed by atoms with Crippen LogP contribution in [0, 0.1) is 11.3 Å². The highest BCUT2D eigenvalue weighted by Crippen LogP contribution is 2.34. The number of carbonyl (C=O) groups is 1. The number of amides is 1. The molecule has 0 aliphatic heterocycles. The first-order valence-corrected chi connectivity index (χ1v) is 11.4. The second kappa shape index (κ2) is 11.0. The van der Waals surface area contributed by atoms with Gasteiger partial charge in [0.1, 0.15) is 6.07 Å². The Morgan fingerprint density at radius 2 is 1.83 bits per heavy atom. The summed E-state index contributed by atoms with van der Waals surface area (Å²) in [6.07, 6.45) is -0.501. The maximum atomic E-state index is 13.0. The van der Waals surface area contributed by atoms with Crippen molar-refractivity contribution >= 4 is 17.5 Å². The third-order valence-corrected chi connectivity index (χ3v) is 6.02. The first-order valence-electron chi connectivity index (χ1n) is 11.0. The molecule has 0 saturated carbocycles. The largest absolute Gasteiger partial charge is 0.462 e. The van der Waals surface area contributed by atoms with Crippen molar-refractivity contribution in [3.05, 3.63) is 88.3 Å². The molecule has 1 amide bonds.